The normalized spacial score (nSPS) is 15.7. The first kappa shape index (κ1) is 34.4. The van der Waals surface area contributed by atoms with Crippen LogP contribution in [0.4, 0.5) is 39.8 Å². The lowest BCUT2D eigenvalue weighted by molar-refractivity contribution is -0.386. The first-order chi connectivity index (χ1) is 25.9. The number of nitro groups is 1. The van der Waals surface area contributed by atoms with Gasteiger partial charge in [-0.15, -0.1) is 0 Å². The molecule has 0 spiro atoms. The Morgan fingerprint density at radius 3 is 1.33 bits per heavy atom. The minimum absolute atomic E-state index is 0.0196. The van der Waals surface area contributed by atoms with Crippen LogP contribution in [0, 0.1) is 46.6 Å². The fourth-order valence-electron chi connectivity index (χ4n) is 10.3. The molecule has 0 saturated carbocycles. The monoisotopic (exact) mass is 705 g/mol. The van der Waals surface area contributed by atoms with Gasteiger partial charge in [-0.2, -0.15) is 10.5 Å². The highest BCUT2D eigenvalue weighted by Gasteiger charge is 2.68. The standard InChI is InChI=1S/C47H39N5O2/c1-30-18-17-19-31(2)42(30)50-36-24-13-15-26-38(36)51(39-27-16-14-25-37(39)50)43-34(28-48)35(29-49)44(52(53)54)41-40(43)45(3,4)47(46(41,5)6,32-20-9-7-10-21-32)33-22-11-8-12-23-33/h7-27H,1-6H3. The number of para-hydroxylation sites is 5. The summed E-state index contributed by atoms with van der Waals surface area (Å²) in [5.74, 6) is 0. The molecule has 7 heteroatoms. The van der Waals surface area contributed by atoms with Crippen molar-refractivity contribution in [3.05, 3.63) is 182 Å². The van der Waals surface area contributed by atoms with E-state index < -0.39 is 21.2 Å². The van der Waals surface area contributed by atoms with Gasteiger partial charge in [0.25, 0.3) is 5.69 Å². The molecule has 1 heterocycles. The minimum atomic E-state index is -0.968. The van der Waals surface area contributed by atoms with E-state index >= 15 is 0 Å². The van der Waals surface area contributed by atoms with Crippen LogP contribution in [-0.2, 0) is 16.2 Å². The van der Waals surface area contributed by atoms with Crippen LogP contribution in [0.2, 0.25) is 0 Å². The van der Waals surface area contributed by atoms with Gasteiger partial charge >= 0.3 is 0 Å². The summed E-state index contributed by atoms with van der Waals surface area (Å²) in [4.78, 5) is 17.4. The van der Waals surface area contributed by atoms with Gasteiger partial charge in [-0.3, -0.25) is 10.1 Å². The Labute approximate surface area is 316 Å². The third-order valence-electron chi connectivity index (χ3n) is 12.0. The zero-order chi connectivity index (χ0) is 38.2. The van der Waals surface area contributed by atoms with E-state index in [1.165, 1.54) is 0 Å². The number of benzene rings is 6. The van der Waals surface area contributed by atoms with E-state index in [2.05, 4.69) is 118 Å². The van der Waals surface area contributed by atoms with Gasteiger partial charge in [0, 0.05) is 21.8 Å². The molecule has 0 unspecified atom stereocenters. The molecule has 1 aliphatic carbocycles. The Balaban J connectivity index is 1.58. The maximum absolute atomic E-state index is 13.5. The fraction of sp³-hybridized carbons (Fsp3) is 0.191. The van der Waals surface area contributed by atoms with E-state index in [-0.39, 0.29) is 16.8 Å². The molecule has 0 saturated heterocycles. The molecule has 54 heavy (non-hydrogen) atoms. The van der Waals surface area contributed by atoms with Crippen molar-refractivity contribution in [2.75, 3.05) is 9.80 Å². The summed E-state index contributed by atoms with van der Waals surface area (Å²) in [7, 11) is 0. The molecular formula is C47H39N5O2. The lowest BCUT2D eigenvalue weighted by Crippen LogP contribution is -2.52. The Bertz CT molecular complexity index is 2490. The van der Waals surface area contributed by atoms with Crippen molar-refractivity contribution >= 4 is 39.8 Å². The number of aryl methyl sites for hydroxylation is 2. The highest BCUT2D eigenvalue weighted by atomic mass is 16.6. The van der Waals surface area contributed by atoms with Crippen LogP contribution in [0.25, 0.3) is 0 Å². The average molecular weight is 706 g/mol. The van der Waals surface area contributed by atoms with Gasteiger partial charge in [0.15, 0.2) is 0 Å². The Morgan fingerprint density at radius 1 is 0.537 bits per heavy atom. The summed E-state index contributed by atoms with van der Waals surface area (Å²) in [6.07, 6.45) is 0. The summed E-state index contributed by atoms with van der Waals surface area (Å²) in [5, 5.41) is 35.6. The SMILES string of the molecule is Cc1cccc(C)c1N1c2ccccc2N(c2c(C#N)c(C#N)c([N+](=O)[O-])c3c2C(C)(C)C(c2ccccc2)(c2ccccc2)C3(C)C)c2ccccc21. The molecule has 6 aromatic rings. The Kier molecular flexibility index (Phi) is 7.76. The van der Waals surface area contributed by atoms with Crippen molar-refractivity contribution in [1.29, 1.82) is 10.5 Å². The van der Waals surface area contributed by atoms with Crippen LogP contribution in [0.5, 0.6) is 0 Å². The summed E-state index contributed by atoms with van der Waals surface area (Å²) in [6, 6.07) is 47.3. The van der Waals surface area contributed by atoms with E-state index in [4.69, 9.17) is 0 Å². The third-order valence-corrected chi connectivity index (χ3v) is 12.0. The molecule has 0 aromatic heterocycles. The smallest absolute Gasteiger partial charge is 0.292 e. The highest BCUT2D eigenvalue weighted by Crippen LogP contribution is 2.71. The Hall–Kier alpha value is -6.70. The number of hydrogen-bond acceptors (Lipinski definition) is 6. The average Bonchev–Trinajstić information content (AvgIpc) is 3.31. The maximum Gasteiger partial charge on any atom is 0.292 e. The second-order valence-corrected chi connectivity index (χ2v) is 15.3. The molecular weight excluding hydrogens is 667 g/mol. The molecule has 0 fully saturated rings. The van der Waals surface area contributed by atoms with E-state index in [9.17, 15) is 20.6 Å². The van der Waals surface area contributed by atoms with Gasteiger partial charge in [-0.05, 0) is 65.9 Å². The molecule has 0 bridgehead atoms. The minimum Gasteiger partial charge on any atom is -0.306 e. The highest BCUT2D eigenvalue weighted by molar-refractivity contribution is 6.04. The van der Waals surface area contributed by atoms with Crippen LogP contribution in [0.1, 0.15) is 72.2 Å². The lowest BCUT2D eigenvalue weighted by Gasteiger charge is -2.51. The van der Waals surface area contributed by atoms with Gasteiger partial charge in [0.2, 0.25) is 0 Å². The van der Waals surface area contributed by atoms with Gasteiger partial charge in [0.1, 0.15) is 23.3 Å². The summed E-state index contributed by atoms with van der Waals surface area (Å²) in [5.41, 5.74) is 6.91. The fourth-order valence-corrected chi connectivity index (χ4v) is 10.3. The number of nitriles is 2. The lowest BCUT2D eigenvalue weighted by atomic mass is 9.50. The van der Waals surface area contributed by atoms with Crippen molar-refractivity contribution in [1.82, 2.24) is 0 Å². The van der Waals surface area contributed by atoms with Crippen molar-refractivity contribution < 1.29 is 4.92 Å². The molecule has 1 aliphatic heterocycles. The second kappa shape index (κ2) is 12.2. The summed E-state index contributed by atoms with van der Waals surface area (Å²) in [6.45, 7) is 12.6. The first-order valence-electron chi connectivity index (χ1n) is 18.1. The number of rotatable bonds is 5. The Morgan fingerprint density at radius 2 is 0.926 bits per heavy atom. The van der Waals surface area contributed by atoms with Crippen LogP contribution in [0.3, 0.4) is 0 Å². The van der Waals surface area contributed by atoms with E-state index in [1.54, 1.807) is 0 Å². The molecule has 0 atom stereocenters. The van der Waals surface area contributed by atoms with Gasteiger partial charge in [-0.1, -0.05) is 131 Å². The van der Waals surface area contributed by atoms with Crippen molar-refractivity contribution in [2.45, 2.75) is 57.8 Å². The predicted octanol–water partition coefficient (Wildman–Crippen LogP) is 11.8. The molecule has 0 amide bonds. The molecule has 6 aromatic carbocycles. The number of nitrogens with zero attached hydrogens (tertiary/aromatic N) is 5. The van der Waals surface area contributed by atoms with Crippen molar-refractivity contribution in [3.63, 3.8) is 0 Å². The van der Waals surface area contributed by atoms with Crippen LogP contribution in [0.15, 0.2) is 127 Å². The molecule has 2 aliphatic rings. The van der Waals surface area contributed by atoms with E-state index in [1.807, 2.05) is 72.8 Å². The first-order valence-corrected chi connectivity index (χ1v) is 18.1. The molecule has 264 valence electrons. The van der Waals surface area contributed by atoms with Crippen molar-refractivity contribution in [3.8, 4) is 12.1 Å². The zero-order valence-electron chi connectivity index (χ0n) is 31.2. The molecule has 0 radical (unpaired) electrons. The third kappa shape index (κ3) is 4.33. The molecule has 7 nitrogen and oxygen atoms in total. The van der Waals surface area contributed by atoms with Gasteiger partial charge in [0.05, 0.1) is 39.0 Å². The number of fused-ring (bicyclic) bond motifs is 3. The van der Waals surface area contributed by atoms with Crippen LogP contribution >= 0.6 is 0 Å². The second-order valence-electron chi connectivity index (χ2n) is 15.3. The summed E-state index contributed by atoms with van der Waals surface area (Å²) >= 11 is 0. The maximum atomic E-state index is 13.5. The van der Waals surface area contributed by atoms with E-state index in [0.29, 0.717) is 16.8 Å². The van der Waals surface area contributed by atoms with Gasteiger partial charge in [-0.25, -0.2) is 0 Å². The molecule has 0 N–H and O–H groups in total. The predicted molar refractivity (Wildman–Crippen MR) is 215 cm³/mol. The van der Waals surface area contributed by atoms with E-state index in [0.717, 1.165) is 50.7 Å². The van der Waals surface area contributed by atoms with Crippen molar-refractivity contribution in [2.24, 2.45) is 0 Å². The quantitative estimate of drug-likeness (QED) is 0.131. The summed E-state index contributed by atoms with van der Waals surface area (Å²) < 4.78 is 0. The number of anilines is 6. The molecule has 8 rings (SSSR count). The number of nitro benzene ring substituents is 1. The zero-order valence-corrected chi connectivity index (χ0v) is 31.2. The number of hydrogen-bond donors (Lipinski definition) is 0. The largest absolute Gasteiger partial charge is 0.306 e. The van der Waals surface area contributed by atoms with Crippen LogP contribution < -0.4 is 9.80 Å². The topological polar surface area (TPSA) is 97.2 Å². The van der Waals surface area contributed by atoms with Crippen LogP contribution in [-0.4, -0.2) is 4.92 Å². The van der Waals surface area contributed by atoms with Gasteiger partial charge < -0.3 is 9.80 Å².